The molecule has 3 nitrogen and oxygen atoms in total. The fourth-order valence-electron chi connectivity index (χ4n) is 2.94. The zero-order valence-corrected chi connectivity index (χ0v) is 16.7. The van der Waals surface area contributed by atoms with E-state index in [9.17, 15) is 4.79 Å². The molecule has 0 aliphatic rings. The molecule has 0 aliphatic heterocycles. The number of rotatable bonds is 4. The molecule has 138 valence electrons. The van der Waals surface area contributed by atoms with Gasteiger partial charge in [0.25, 0.3) is 5.91 Å². The van der Waals surface area contributed by atoms with Crippen molar-refractivity contribution in [2.75, 3.05) is 0 Å². The van der Waals surface area contributed by atoms with Crippen LogP contribution in [0.5, 0.6) is 0 Å². The van der Waals surface area contributed by atoms with E-state index >= 15 is 0 Å². The van der Waals surface area contributed by atoms with Crippen molar-refractivity contribution in [2.45, 2.75) is 6.92 Å². The Kier molecular flexibility index (Phi) is 5.24. The van der Waals surface area contributed by atoms with Crippen molar-refractivity contribution in [1.29, 1.82) is 0 Å². The minimum atomic E-state index is -0.300. The van der Waals surface area contributed by atoms with Gasteiger partial charge in [0.1, 0.15) is 4.88 Å². The molecule has 4 rings (SSSR count). The Balaban J connectivity index is 1.51. The molecule has 0 radical (unpaired) electrons. The molecule has 0 saturated carbocycles. The van der Waals surface area contributed by atoms with E-state index in [1.165, 1.54) is 11.3 Å². The van der Waals surface area contributed by atoms with Crippen LogP contribution in [0.15, 0.2) is 84.0 Å². The molecule has 28 heavy (non-hydrogen) atoms. The van der Waals surface area contributed by atoms with Gasteiger partial charge in [0.2, 0.25) is 0 Å². The number of benzene rings is 3. The van der Waals surface area contributed by atoms with Gasteiger partial charge >= 0.3 is 0 Å². The van der Waals surface area contributed by atoms with E-state index in [1.54, 1.807) is 0 Å². The predicted molar refractivity (Wildman–Crippen MR) is 118 cm³/mol. The van der Waals surface area contributed by atoms with Crippen molar-refractivity contribution < 1.29 is 4.79 Å². The first-order chi connectivity index (χ1) is 13.6. The lowest BCUT2D eigenvalue weighted by molar-refractivity contribution is 0.0959. The molecular weight excluding hydrogens is 388 g/mol. The Hall–Kier alpha value is -2.95. The highest BCUT2D eigenvalue weighted by Crippen LogP contribution is 2.34. The van der Waals surface area contributed by atoms with Gasteiger partial charge in [-0.05, 0) is 29.7 Å². The van der Waals surface area contributed by atoms with Gasteiger partial charge in [-0.1, -0.05) is 84.4 Å². The summed E-state index contributed by atoms with van der Waals surface area (Å²) in [6.07, 6.45) is 0. The molecule has 0 fully saturated rings. The van der Waals surface area contributed by atoms with Gasteiger partial charge in [-0.25, -0.2) is 5.43 Å². The van der Waals surface area contributed by atoms with Crippen LogP contribution < -0.4 is 5.43 Å². The van der Waals surface area contributed by atoms with Gasteiger partial charge in [-0.15, -0.1) is 11.3 Å². The summed E-state index contributed by atoms with van der Waals surface area (Å²) in [4.78, 5) is 13.0. The lowest BCUT2D eigenvalue weighted by Gasteiger charge is -2.05. The van der Waals surface area contributed by atoms with Gasteiger partial charge in [-0.3, -0.25) is 4.79 Å². The smallest absolute Gasteiger partial charge is 0.266 e. The van der Waals surface area contributed by atoms with E-state index in [2.05, 4.69) is 22.7 Å². The Labute approximate surface area is 172 Å². The van der Waals surface area contributed by atoms with Gasteiger partial charge in [0.05, 0.1) is 10.7 Å². The highest BCUT2D eigenvalue weighted by molar-refractivity contribution is 7.21. The maximum absolute atomic E-state index is 12.5. The van der Waals surface area contributed by atoms with Crippen molar-refractivity contribution in [2.24, 2.45) is 5.10 Å². The largest absolute Gasteiger partial charge is 0.283 e. The van der Waals surface area contributed by atoms with Crippen LogP contribution in [0, 0.1) is 0 Å². The molecule has 1 aromatic heterocycles. The second kappa shape index (κ2) is 7.97. The summed E-state index contributed by atoms with van der Waals surface area (Å²) in [5.41, 5.74) is 6.59. The number of halogens is 1. The summed E-state index contributed by atoms with van der Waals surface area (Å²) < 4.78 is 0.981. The number of nitrogens with zero attached hydrogens (tertiary/aromatic N) is 1. The second-order valence-corrected chi connectivity index (χ2v) is 7.75. The highest BCUT2D eigenvalue weighted by atomic mass is 35.5. The Bertz CT molecular complexity index is 1160. The van der Waals surface area contributed by atoms with Crippen LogP contribution in [0.3, 0.4) is 0 Å². The van der Waals surface area contributed by atoms with Gasteiger partial charge < -0.3 is 0 Å². The molecule has 5 heteroatoms. The molecule has 0 bridgehead atoms. The molecule has 3 aromatic carbocycles. The molecule has 0 aliphatic carbocycles. The lowest BCUT2D eigenvalue weighted by atomic mass is 10.0. The van der Waals surface area contributed by atoms with E-state index in [0.717, 1.165) is 32.5 Å². The summed E-state index contributed by atoms with van der Waals surface area (Å²) in [6.45, 7) is 1.87. The number of hydrazone groups is 1. The maximum atomic E-state index is 12.5. The third kappa shape index (κ3) is 3.70. The van der Waals surface area contributed by atoms with E-state index in [0.29, 0.717) is 9.90 Å². The first kappa shape index (κ1) is 18.4. The molecule has 0 atom stereocenters. The number of nitrogens with one attached hydrogen (secondary N) is 1. The summed E-state index contributed by atoms with van der Waals surface area (Å²) in [5, 5.41) is 5.61. The standard InChI is InChI=1S/C23H17ClN2OS/c1-15(16-11-13-18(14-12-16)17-7-3-2-4-8-17)25-26-23(27)22-21(24)19-9-5-6-10-20(19)28-22/h2-14H,1H3,(H,26,27). The third-order valence-corrected chi connectivity index (χ3v) is 6.15. The van der Waals surface area contributed by atoms with E-state index in [4.69, 9.17) is 11.6 Å². The van der Waals surface area contributed by atoms with Crippen LogP contribution in [0.4, 0.5) is 0 Å². The quantitative estimate of drug-likeness (QED) is 0.311. The Morgan fingerprint density at radius 1 is 0.893 bits per heavy atom. The predicted octanol–water partition coefficient (Wildman–Crippen LogP) is 6.38. The molecule has 1 heterocycles. The third-order valence-electron chi connectivity index (χ3n) is 4.48. The van der Waals surface area contributed by atoms with Crippen molar-refractivity contribution in [3.8, 4) is 11.1 Å². The molecule has 0 spiro atoms. The SMILES string of the molecule is CC(=NNC(=O)c1sc2ccccc2c1Cl)c1ccc(-c2ccccc2)cc1. The lowest BCUT2D eigenvalue weighted by Crippen LogP contribution is -2.18. The number of carbonyl (C=O) groups excluding carboxylic acids is 1. The first-order valence-electron chi connectivity index (χ1n) is 8.81. The summed E-state index contributed by atoms with van der Waals surface area (Å²) in [6, 6.07) is 26.0. The number of hydrogen-bond donors (Lipinski definition) is 1. The average Bonchev–Trinajstić information content (AvgIpc) is 3.09. The molecule has 4 aromatic rings. The van der Waals surface area contributed by atoms with E-state index < -0.39 is 0 Å². The van der Waals surface area contributed by atoms with Crippen molar-refractivity contribution in [3.63, 3.8) is 0 Å². The number of thiophene rings is 1. The zero-order valence-electron chi connectivity index (χ0n) is 15.1. The molecule has 1 amide bonds. The summed E-state index contributed by atoms with van der Waals surface area (Å²) in [7, 11) is 0. The first-order valence-corrected chi connectivity index (χ1v) is 10.0. The monoisotopic (exact) mass is 404 g/mol. The molecule has 0 unspecified atom stereocenters. The second-order valence-electron chi connectivity index (χ2n) is 6.32. The van der Waals surface area contributed by atoms with E-state index in [-0.39, 0.29) is 5.91 Å². The number of carbonyl (C=O) groups is 1. The van der Waals surface area contributed by atoms with Crippen molar-refractivity contribution >= 4 is 44.6 Å². The topological polar surface area (TPSA) is 41.5 Å². The molecule has 0 saturated heterocycles. The van der Waals surface area contributed by atoms with Gasteiger partial charge in [-0.2, -0.15) is 5.10 Å². The normalized spacial score (nSPS) is 11.6. The van der Waals surface area contributed by atoms with Crippen LogP contribution in [0.1, 0.15) is 22.2 Å². The van der Waals surface area contributed by atoms with Crippen LogP contribution in [-0.2, 0) is 0 Å². The molecular formula is C23H17ClN2OS. The molecule has 1 N–H and O–H groups in total. The van der Waals surface area contributed by atoms with Crippen molar-refractivity contribution in [3.05, 3.63) is 94.3 Å². The van der Waals surface area contributed by atoms with E-state index in [1.807, 2.05) is 73.7 Å². The number of fused-ring (bicyclic) bond motifs is 1. The van der Waals surface area contributed by atoms with Crippen LogP contribution >= 0.6 is 22.9 Å². The Morgan fingerprint density at radius 3 is 2.25 bits per heavy atom. The van der Waals surface area contributed by atoms with Crippen LogP contribution in [0.2, 0.25) is 5.02 Å². The number of amides is 1. The summed E-state index contributed by atoms with van der Waals surface area (Å²) >= 11 is 7.73. The summed E-state index contributed by atoms with van der Waals surface area (Å²) in [5.74, 6) is -0.300. The average molecular weight is 405 g/mol. The van der Waals surface area contributed by atoms with Gasteiger partial charge in [0, 0.05) is 10.1 Å². The Morgan fingerprint density at radius 2 is 1.54 bits per heavy atom. The van der Waals surface area contributed by atoms with Crippen molar-refractivity contribution in [1.82, 2.24) is 5.43 Å². The minimum Gasteiger partial charge on any atom is -0.266 e. The fourth-order valence-corrected chi connectivity index (χ4v) is 4.35. The fraction of sp³-hybridized carbons (Fsp3) is 0.0435. The van der Waals surface area contributed by atoms with Gasteiger partial charge in [0.15, 0.2) is 0 Å². The number of hydrogen-bond acceptors (Lipinski definition) is 3. The maximum Gasteiger partial charge on any atom is 0.283 e. The zero-order chi connectivity index (χ0) is 19.5. The highest BCUT2D eigenvalue weighted by Gasteiger charge is 2.16. The minimum absolute atomic E-state index is 0.300. The van der Waals surface area contributed by atoms with Crippen LogP contribution in [-0.4, -0.2) is 11.6 Å². The van der Waals surface area contributed by atoms with Crippen LogP contribution in [0.25, 0.3) is 21.2 Å².